The van der Waals surface area contributed by atoms with Crippen LogP contribution in [0.15, 0.2) is 6.07 Å². The number of carbonyl (C=O) groups is 1. The van der Waals surface area contributed by atoms with Gasteiger partial charge in [0, 0.05) is 17.7 Å². The van der Waals surface area contributed by atoms with E-state index in [0.29, 0.717) is 12.2 Å². The number of esters is 1. The SMILES string of the molecule is CCCC(C)(Nc1cc(C)nc(C(C)C)n1)C(=O)OC. The lowest BCUT2D eigenvalue weighted by Crippen LogP contribution is -2.44. The van der Waals surface area contributed by atoms with Gasteiger partial charge in [-0.05, 0) is 20.3 Å². The van der Waals surface area contributed by atoms with Crippen molar-refractivity contribution in [2.45, 2.75) is 58.9 Å². The third-order valence-corrected chi connectivity index (χ3v) is 3.18. The maximum atomic E-state index is 12.0. The molecular weight excluding hydrogens is 254 g/mol. The monoisotopic (exact) mass is 279 g/mol. The number of methoxy groups -OCH3 is 1. The largest absolute Gasteiger partial charge is 0.467 e. The van der Waals surface area contributed by atoms with Gasteiger partial charge in [-0.15, -0.1) is 0 Å². The molecule has 1 N–H and O–H groups in total. The zero-order valence-electron chi connectivity index (χ0n) is 13.3. The predicted octanol–water partition coefficient (Wildman–Crippen LogP) is 3.05. The van der Waals surface area contributed by atoms with E-state index in [-0.39, 0.29) is 11.9 Å². The van der Waals surface area contributed by atoms with Crippen LogP contribution in [0.1, 0.15) is 58.0 Å². The molecule has 20 heavy (non-hydrogen) atoms. The van der Waals surface area contributed by atoms with Gasteiger partial charge in [0.05, 0.1) is 7.11 Å². The third-order valence-electron chi connectivity index (χ3n) is 3.18. The Hall–Kier alpha value is -1.65. The first-order chi connectivity index (χ1) is 9.32. The van der Waals surface area contributed by atoms with Crippen LogP contribution < -0.4 is 5.32 Å². The van der Waals surface area contributed by atoms with E-state index in [4.69, 9.17) is 4.74 Å². The minimum atomic E-state index is -0.765. The van der Waals surface area contributed by atoms with Gasteiger partial charge >= 0.3 is 5.97 Å². The number of nitrogens with one attached hydrogen (secondary N) is 1. The molecule has 1 rings (SSSR count). The lowest BCUT2D eigenvalue weighted by atomic mass is 9.96. The standard InChI is InChI=1S/C15H25N3O2/c1-7-8-15(5,14(19)20-6)18-12-9-11(4)16-13(17-12)10(2)3/h9-10H,7-8H2,1-6H3,(H,16,17,18). The Morgan fingerprint density at radius 2 is 2.10 bits per heavy atom. The van der Waals surface area contributed by atoms with Crippen molar-refractivity contribution < 1.29 is 9.53 Å². The molecule has 112 valence electrons. The zero-order chi connectivity index (χ0) is 15.3. The van der Waals surface area contributed by atoms with Crippen molar-refractivity contribution >= 4 is 11.8 Å². The van der Waals surface area contributed by atoms with Gasteiger partial charge in [-0.1, -0.05) is 27.2 Å². The number of hydrogen-bond donors (Lipinski definition) is 1. The van der Waals surface area contributed by atoms with Crippen LogP contribution in [0.25, 0.3) is 0 Å². The molecule has 1 aromatic heterocycles. The van der Waals surface area contributed by atoms with E-state index < -0.39 is 5.54 Å². The molecule has 1 unspecified atom stereocenters. The van der Waals surface area contributed by atoms with Crippen molar-refractivity contribution in [3.63, 3.8) is 0 Å². The Morgan fingerprint density at radius 3 is 2.60 bits per heavy atom. The van der Waals surface area contributed by atoms with Gasteiger partial charge in [0.2, 0.25) is 0 Å². The fraction of sp³-hybridized carbons (Fsp3) is 0.667. The first-order valence-corrected chi connectivity index (χ1v) is 7.04. The summed E-state index contributed by atoms with van der Waals surface area (Å²) in [6.45, 7) is 9.89. The molecule has 0 radical (unpaired) electrons. The van der Waals surface area contributed by atoms with E-state index in [1.807, 2.05) is 40.7 Å². The third kappa shape index (κ3) is 3.92. The first-order valence-electron chi connectivity index (χ1n) is 7.04. The summed E-state index contributed by atoms with van der Waals surface area (Å²) in [7, 11) is 1.41. The summed E-state index contributed by atoms with van der Waals surface area (Å²) in [5, 5.41) is 3.22. The van der Waals surface area contributed by atoms with Crippen LogP contribution >= 0.6 is 0 Å². The van der Waals surface area contributed by atoms with E-state index in [2.05, 4.69) is 15.3 Å². The summed E-state index contributed by atoms with van der Waals surface area (Å²) in [5.41, 5.74) is 0.119. The highest BCUT2D eigenvalue weighted by molar-refractivity contribution is 5.83. The lowest BCUT2D eigenvalue weighted by molar-refractivity contribution is -0.145. The van der Waals surface area contributed by atoms with Crippen molar-refractivity contribution in [2.75, 3.05) is 12.4 Å². The van der Waals surface area contributed by atoms with Gasteiger partial charge in [-0.25, -0.2) is 14.8 Å². The Bertz CT molecular complexity index is 474. The average molecular weight is 279 g/mol. The summed E-state index contributed by atoms with van der Waals surface area (Å²) in [6, 6.07) is 1.85. The van der Waals surface area contributed by atoms with Crippen LogP contribution in [0.4, 0.5) is 5.82 Å². The summed E-state index contributed by atoms with van der Waals surface area (Å²) < 4.78 is 4.90. The summed E-state index contributed by atoms with van der Waals surface area (Å²) in [4.78, 5) is 20.9. The average Bonchev–Trinajstić information content (AvgIpc) is 2.37. The molecule has 5 heteroatoms. The number of hydrogen-bond acceptors (Lipinski definition) is 5. The fourth-order valence-corrected chi connectivity index (χ4v) is 2.14. The molecule has 0 saturated carbocycles. The Balaban J connectivity index is 3.08. The van der Waals surface area contributed by atoms with E-state index >= 15 is 0 Å². The molecule has 0 aliphatic heterocycles. The van der Waals surface area contributed by atoms with Crippen molar-refractivity contribution in [1.29, 1.82) is 0 Å². The predicted molar refractivity (Wildman–Crippen MR) is 79.8 cm³/mol. The number of ether oxygens (including phenoxy) is 1. The summed E-state index contributed by atoms with van der Waals surface area (Å²) in [5.74, 6) is 1.41. The van der Waals surface area contributed by atoms with Crippen molar-refractivity contribution in [3.05, 3.63) is 17.6 Å². The molecule has 1 atom stereocenters. The smallest absolute Gasteiger partial charge is 0.331 e. The van der Waals surface area contributed by atoms with Gasteiger partial charge in [-0.2, -0.15) is 0 Å². The topological polar surface area (TPSA) is 64.1 Å². The maximum absolute atomic E-state index is 12.0. The normalized spacial score (nSPS) is 13.9. The highest BCUT2D eigenvalue weighted by Crippen LogP contribution is 2.22. The van der Waals surface area contributed by atoms with Crippen molar-refractivity contribution in [1.82, 2.24) is 9.97 Å². The highest BCUT2D eigenvalue weighted by atomic mass is 16.5. The molecule has 0 amide bonds. The van der Waals surface area contributed by atoms with Crippen LogP contribution in [-0.4, -0.2) is 28.6 Å². The number of anilines is 1. The molecule has 5 nitrogen and oxygen atoms in total. The van der Waals surface area contributed by atoms with Crippen molar-refractivity contribution in [2.24, 2.45) is 0 Å². The van der Waals surface area contributed by atoms with E-state index in [1.165, 1.54) is 7.11 Å². The second-order valence-corrected chi connectivity index (χ2v) is 5.61. The van der Waals surface area contributed by atoms with Crippen LogP contribution in [0.5, 0.6) is 0 Å². The Morgan fingerprint density at radius 1 is 1.45 bits per heavy atom. The quantitative estimate of drug-likeness (QED) is 0.811. The molecule has 0 fully saturated rings. The number of aryl methyl sites for hydroxylation is 1. The van der Waals surface area contributed by atoms with Crippen LogP contribution in [0.2, 0.25) is 0 Å². The Kier molecular flexibility index (Phi) is 5.48. The Labute approximate surface area is 121 Å². The number of nitrogens with zero attached hydrogens (tertiary/aromatic N) is 2. The second kappa shape index (κ2) is 6.68. The van der Waals surface area contributed by atoms with E-state index in [9.17, 15) is 4.79 Å². The maximum Gasteiger partial charge on any atom is 0.331 e. The molecule has 1 heterocycles. The molecule has 0 spiro atoms. The lowest BCUT2D eigenvalue weighted by Gasteiger charge is -2.28. The fourth-order valence-electron chi connectivity index (χ4n) is 2.14. The minimum Gasteiger partial charge on any atom is -0.467 e. The highest BCUT2D eigenvalue weighted by Gasteiger charge is 2.33. The van der Waals surface area contributed by atoms with Gasteiger partial charge in [0.25, 0.3) is 0 Å². The van der Waals surface area contributed by atoms with Gasteiger partial charge in [0.15, 0.2) is 0 Å². The van der Waals surface area contributed by atoms with Crippen LogP contribution in [0.3, 0.4) is 0 Å². The van der Waals surface area contributed by atoms with Crippen molar-refractivity contribution in [3.8, 4) is 0 Å². The molecule has 0 saturated heterocycles. The van der Waals surface area contributed by atoms with Crippen LogP contribution in [0, 0.1) is 6.92 Å². The number of rotatable bonds is 6. The molecule has 0 aliphatic carbocycles. The molecule has 0 bridgehead atoms. The van der Waals surface area contributed by atoms with E-state index in [1.54, 1.807) is 0 Å². The zero-order valence-corrected chi connectivity index (χ0v) is 13.3. The first kappa shape index (κ1) is 16.4. The molecule has 0 aliphatic rings. The summed E-state index contributed by atoms with van der Waals surface area (Å²) >= 11 is 0. The van der Waals surface area contributed by atoms with Gasteiger partial charge < -0.3 is 10.1 Å². The van der Waals surface area contributed by atoms with E-state index in [0.717, 1.165) is 17.9 Å². The number of carbonyl (C=O) groups excluding carboxylic acids is 1. The molecule has 1 aromatic rings. The number of aromatic nitrogens is 2. The van der Waals surface area contributed by atoms with Crippen LogP contribution in [-0.2, 0) is 9.53 Å². The van der Waals surface area contributed by atoms with Gasteiger partial charge in [0.1, 0.15) is 17.2 Å². The minimum absolute atomic E-state index is 0.242. The summed E-state index contributed by atoms with van der Waals surface area (Å²) in [6.07, 6.45) is 1.55. The molecular formula is C15H25N3O2. The van der Waals surface area contributed by atoms with Gasteiger partial charge in [-0.3, -0.25) is 0 Å². The molecule has 0 aromatic carbocycles. The second-order valence-electron chi connectivity index (χ2n) is 5.61.